The normalized spacial score (nSPS) is 20.6. The second kappa shape index (κ2) is 12.2. The average molecular weight is 634 g/mol. The minimum atomic E-state index is -0.333. The minimum absolute atomic E-state index is 0.0320. The monoisotopic (exact) mass is 633 g/mol. The molecule has 0 radical (unpaired) electrons. The average Bonchev–Trinajstić information content (AvgIpc) is 3.73. The quantitative estimate of drug-likeness (QED) is 0.225. The standard InChI is InChI=1S/C38H43N5O4/c1-23-8-14-27(15-9-23)43-34(21-33(41-43)38(2,3)4)40-37(46)39-26-12-10-24(11-13-26)18-25-19-28-16-17-29(20-25)42(28)36(45)30-22-47-32-7-5-6-31(44)35(30)32/h8-15,21-22,25,28-29H,5-7,16-20H2,1-4H3,(H2,39,40,46). The molecule has 47 heavy (non-hydrogen) atoms. The molecule has 9 heteroatoms. The molecule has 0 spiro atoms. The summed E-state index contributed by atoms with van der Waals surface area (Å²) in [5.41, 5.74) is 5.65. The van der Waals surface area contributed by atoms with Crippen molar-refractivity contribution in [2.75, 3.05) is 10.6 Å². The lowest BCUT2D eigenvalue weighted by Gasteiger charge is -2.39. The fourth-order valence-electron chi connectivity index (χ4n) is 7.56. The first-order valence-electron chi connectivity index (χ1n) is 16.8. The molecule has 4 aromatic rings. The summed E-state index contributed by atoms with van der Waals surface area (Å²) in [7, 11) is 0. The molecule has 2 atom stereocenters. The Balaban J connectivity index is 0.973. The molecule has 2 unspecified atom stereocenters. The van der Waals surface area contributed by atoms with E-state index >= 15 is 0 Å². The van der Waals surface area contributed by atoms with Gasteiger partial charge < -0.3 is 14.6 Å². The molecule has 0 saturated carbocycles. The fourth-order valence-corrected chi connectivity index (χ4v) is 7.56. The number of carbonyl (C=O) groups excluding carboxylic acids is 3. The van der Waals surface area contributed by atoms with Crippen molar-refractivity contribution < 1.29 is 18.8 Å². The van der Waals surface area contributed by atoms with Crippen molar-refractivity contribution >= 4 is 29.2 Å². The Morgan fingerprint density at radius 3 is 2.34 bits per heavy atom. The van der Waals surface area contributed by atoms with E-state index < -0.39 is 0 Å². The SMILES string of the molecule is Cc1ccc(-n2nc(C(C)(C)C)cc2NC(=O)Nc2ccc(CC3CC4CCC(C3)N4C(=O)c3coc4c3C(=O)CCC4)cc2)cc1. The molecule has 2 aromatic carbocycles. The van der Waals surface area contributed by atoms with E-state index in [4.69, 9.17) is 9.52 Å². The Kier molecular flexibility index (Phi) is 8.02. The van der Waals surface area contributed by atoms with Gasteiger partial charge in [0.15, 0.2) is 5.78 Å². The Morgan fingerprint density at radius 2 is 1.66 bits per heavy atom. The molecular weight excluding hydrogens is 590 g/mol. The van der Waals surface area contributed by atoms with Crippen LogP contribution in [0.4, 0.5) is 16.3 Å². The van der Waals surface area contributed by atoms with Crippen LogP contribution in [0, 0.1) is 12.8 Å². The number of aromatic nitrogens is 2. The summed E-state index contributed by atoms with van der Waals surface area (Å²) in [6.07, 6.45) is 8.32. The van der Waals surface area contributed by atoms with Crippen LogP contribution in [0.3, 0.4) is 0 Å². The number of urea groups is 1. The number of nitrogens with zero attached hydrogens (tertiary/aromatic N) is 3. The number of anilines is 2. The van der Waals surface area contributed by atoms with Crippen LogP contribution >= 0.6 is 0 Å². The third-order valence-electron chi connectivity index (χ3n) is 9.98. The van der Waals surface area contributed by atoms with Gasteiger partial charge in [0.05, 0.1) is 22.5 Å². The van der Waals surface area contributed by atoms with Gasteiger partial charge in [0.2, 0.25) is 0 Å². The van der Waals surface area contributed by atoms with Gasteiger partial charge in [0, 0.05) is 42.1 Å². The summed E-state index contributed by atoms with van der Waals surface area (Å²) in [4.78, 5) is 41.4. The predicted molar refractivity (Wildman–Crippen MR) is 181 cm³/mol. The number of hydrogen-bond acceptors (Lipinski definition) is 5. The number of Topliss-reactive ketones (excluding diaryl/α,β-unsaturated/α-hetero) is 1. The van der Waals surface area contributed by atoms with Gasteiger partial charge in [0.25, 0.3) is 5.91 Å². The molecule has 3 aliphatic rings. The summed E-state index contributed by atoms with van der Waals surface area (Å²) >= 11 is 0. The molecule has 4 heterocycles. The molecule has 2 N–H and O–H groups in total. The summed E-state index contributed by atoms with van der Waals surface area (Å²) in [6, 6.07) is 18.1. The summed E-state index contributed by atoms with van der Waals surface area (Å²) in [5.74, 6) is 1.74. The highest BCUT2D eigenvalue weighted by Crippen LogP contribution is 2.42. The number of ketones is 1. The summed E-state index contributed by atoms with van der Waals surface area (Å²) < 4.78 is 7.44. The number of hydrogen-bond donors (Lipinski definition) is 2. The maximum absolute atomic E-state index is 13.7. The maximum Gasteiger partial charge on any atom is 0.324 e. The van der Waals surface area contributed by atoms with E-state index in [0.29, 0.717) is 40.7 Å². The van der Waals surface area contributed by atoms with E-state index in [9.17, 15) is 14.4 Å². The third-order valence-corrected chi connectivity index (χ3v) is 9.98. The number of benzene rings is 2. The zero-order chi connectivity index (χ0) is 32.9. The molecule has 1 aliphatic carbocycles. The number of piperidine rings is 1. The van der Waals surface area contributed by atoms with E-state index in [-0.39, 0.29) is 35.2 Å². The maximum atomic E-state index is 13.7. The molecular formula is C38H43N5O4. The summed E-state index contributed by atoms with van der Waals surface area (Å²) in [5, 5.41) is 10.8. The minimum Gasteiger partial charge on any atom is -0.468 e. The Morgan fingerprint density at radius 1 is 0.957 bits per heavy atom. The number of rotatable bonds is 6. The Labute approximate surface area is 275 Å². The number of aryl methyl sites for hydroxylation is 2. The van der Waals surface area contributed by atoms with Crippen molar-refractivity contribution in [1.29, 1.82) is 0 Å². The van der Waals surface area contributed by atoms with Crippen LogP contribution in [-0.4, -0.2) is 44.5 Å². The van der Waals surface area contributed by atoms with Gasteiger partial charge in [-0.25, -0.2) is 9.48 Å². The van der Waals surface area contributed by atoms with Crippen molar-refractivity contribution in [1.82, 2.24) is 14.7 Å². The molecule has 2 bridgehead atoms. The van der Waals surface area contributed by atoms with E-state index in [0.717, 1.165) is 61.9 Å². The largest absolute Gasteiger partial charge is 0.468 e. The first-order chi connectivity index (χ1) is 22.5. The van der Waals surface area contributed by atoms with Crippen LogP contribution in [0.15, 0.2) is 65.3 Å². The van der Waals surface area contributed by atoms with Crippen molar-refractivity contribution in [3.63, 3.8) is 0 Å². The highest BCUT2D eigenvalue weighted by atomic mass is 16.3. The van der Waals surface area contributed by atoms with Crippen molar-refractivity contribution in [2.24, 2.45) is 5.92 Å². The number of amides is 3. The van der Waals surface area contributed by atoms with Crippen molar-refractivity contribution in [3.8, 4) is 5.69 Å². The topological polar surface area (TPSA) is 109 Å². The lowest BCUT2D eigenvalue weighted by molar-refractivity contribution is 0.0521. The van der Waals surface area contributed by atoms with E-state index in [1.165, 1.54) is 11.8 Å². The predicted octanol–water partition coefficient (Wildman–Crippen LogP) is 7.86. The molecule has 2 fully saturated rings. The Hall–Kier alpha value is -4.66. The van der Waals surface area contributed by atoms with Crippen LogP contribution in [0.25, 0.3) is 5.69 Å². The van der Waals surface area contributed by atoms with Gasteiger partial charge in [-0.05, 0) is 81.2 Å². The van der Waals surface area contributed by atoms with Gasteiger partial charge >= 0.3 is 6.03 Å². The van der Waals surface area contributed by atoms with Gasteiger partial charge in [-0.3, -0.25) is 14.9 Å². The zero-order valence-electron chi connectivity index (χ0n) is 27.6. The first-order valence-corrected chi connectivity index (χ1v) is 16.8. The molecule has 2 aliphatic heterocycles. The van der Waals surface area contributed by atoms with Crippen LogP contribution in [0.1, 0.15) is 103 Å². The lowest BCUT2D eigenvalue weighted by Crippen LogP contribution is -2.47. The van der Waals surface area contributed by atoms with Gasteiger partial charge in [-0.15, -0.1) is 0 Å². The molecule has 9 nitrogen and oxygen atoms in total. The molecule has 2 saturated heterocycles. The highest BCUT2D eigenvalue weighted by molar-refractivity contribution is 6.09. The molecule has 2 aromatic heterocycles. The van der Waals surface area contributed by atoms with E-state index in [1.54, 1.807) is 4.68 Å². The third kappa shape index (κ3) is 6.23. The molecule has 3 amide bonds. The number of fused-ring (bicyclic) bond motifs is 3. The number of nitrogens with one attached hydrogen (secondary N) is 2. The zero-order valence-corrected chi connectivity index (χ0v) is 27.6. The molecule has 7 rings (SSSR count). The van der Waals surface area contributed by atoms with Crippen LogP contribution in [-0.2, 0) is 18.3 Å². The second-order valence-electron chi connectivity index (χ2n) is 14.6. The first kappa shape index (κ1) is 31.0. The van der Waals surface area contributed by atoms with Gasteiger partial charge in [-0.2, -0.15) is 5.10 Å². The van der Waals surface area contributed by atoms with Crippen molar-refractivity contribution in [3.05, 3.63) is 94.6 Å². The van der Waals surface area contributed by atoms with Crippen LogP contribution in [0.2, 0.25) is 0 Å². The van der Waals surface area contributed by atoms with Gasteiger partial charge in [0.1, 0.15) is 17.8 Å². The van der Waals surface area contributed by atoms with Crippen molar-refractivity contribution in [2.45, 2.75) is 96.6 Å². The second-order valence-corrected chi connectivity index (χ2v) is 14.6. The lowest BCUT2D eigenvalue weighted by atomic mass is 9.85. The van der Waals surface area contributed by atoms with Gasteiger partial charge in [-0.1, -0.05) is 50.6 Å². The van der Waals surface area contributed by atoms with E-state index in [2.05, 4.69) is 43.5 Å². The van der Waals surface area contributed by atoms with Crippen LogP contribution < -0.4 is 10.6 Å². The number of furan rings is 1. The van der Waals surface area contributed by atoms with Crippen LogP contribution in [0.5, 0.6) is 0 Å². The smallest absolute Gasteiger partial charge is 0.324 e. The van der Waals surface area contributed by atoms with E-state index in [1.807, 2.05) is 54.3 Å². The highest BCUT2D eigenvalue weighted by Gasteiger charge is 2.44. The number of carbonyl (C=O) groups is 3. The Bertz CT molecular complexity index is 1800. The molecule has 244 valence electrons. The fraction of sp³-hybridized carbons (Fsp3) is 0.421. The summed E-state index contributed by atoms with van der Waals surface area (Å²) in [6.45, 7) is 8.35.